The molecular weight excluding hydrogens is 346 g/mol. The lowest BCUT2D eigenvalue weighted by Crippen LogP contribution is -2.30. The lowest BCUT2D eigenvalue weighted by molar-refractivity contribution is 0.0640. The highest BCUT2D eigenvalue weighted by Gasteiger charge is 2.37. The Hall–Kier alpha value is -3.06. The number of amides is 3. The van der Waals surface area contributed by atoms with Crippen molar-refractivity contribution in [2.24, 2.45) is 0 Å². The van der Waals surface area contributed by atoms with E-state index < -0.39 is 5.91 Å². The fourth-order valence-electron chi connectivity index (χ4n) is 3.51. The lowest BCUT2D eigenvalue weighted by Gasteiger charge is -2.16. The normalized spacial score (nSPS) is 18.9. The van der Waals surface area contributed by atoms with Gasteiger partial charge in [0.1, 0.15) is 0 Å². The van der Waals surface area contributed by atoms with Gasteiger partial charge in [-0.3, -0.25) is 24.3 Å². The Kier molecular flexibility index (Phi) is 4.45. The number of hydrogen-bond acceptors (Lipinski definition) is 5. The zero-order chi connectivity index (χ0) is 19.0. The molecule has 4 rings (SSSR count). The van der Waals surface area contributed by atoms with Crippen LogP contribution in [-0.2, 0) is 11.3 Å². The van der Waals surface area contributed by atoms with E-state index in [-0.39, 0.29) is 30.0 Å². The molecule has 1 atom stereocenters. The van der Waals surface area contributed by atoms with Gasteiger partial charge in [0.2, 0.25) is 0 Å². The van der Waals surface area contributed by atoms with Crippen LogP contribution >= 0.6 is 0 Å². The Bertz CT molecular complexity index is 913. The van der Waals surface area contributed by atoms with E-state index in [1.165, 1.54) is 6.07 Å². The number of nitrogens with zero attached hydrogens (tertiary/aromatic N) is 3. The van der Waals surface area contributed by atoms with Crippen LogP contribution in [0.1, 0.15) is 43.2 Å². The summed E-state index contributed by atoms with van der Waals surface area (Å²) in [6.45, 7) is 1.26. The van der Waals surface area contributed by atoms with Gasteiger partial charge in [0.05, 0.1) is 29.5 Å². The molecule has 1 aromatic heterocycles. The summed E-state index contributed by atoms with van der Waals surface area (Å²) < 4.78 is 5.30. The van der Waals surface area contributed by atoms with Crippen LogP contribution in [-0.4, -0.2) is 58.8 Å². The zero-order valence-corrected chi connectivity index (χ0v) is 14.9. The van der Waals surface area contributed by atoms with E-state index in [0.717, 1.165) is 11.3 Å². The van der Waals surface area contributed by atoms with E-state index in [4.69, 9.17) is 4.74 Å². The minimum atomic E-state index is -0.397. The van der Waals surface area contributed by atoms with Crippen molar-refractivity contribution in [1.29, 1.82) is 0 Å². The molecule has 2 aliphatic rings. The Morgan fingerprint density at radius 1 is 1.19 bits per heavy atom. The molecule has 2 aliphatic heterocycles. The lowest BCUT2D eigenvalue weighted by atomic mass is 10.0. The van der Waals surface area contributed by atoms with Gasteiger partial charge in [-0.05, 0) is 36.8 Å². The van der Waals surface area contributed by atoms with E-state index in [1.54, 1.807) is 48.5 Å². The molecule has 1 saturated heterocycles. The largest absolute Gasteiger partial charge is 0.380 e. The van der Waals surface area contributed by atoms with Gasteiger partial charge in [-0.1, -0.05) is 6.07 Å². The quantitative estimate of drug-likeness (QED) is 0.771. The molecular formula is C20H19N3O4. The van der Waals surface area contributed by atoms with E-state index >= 15 is 0 Å². The van der Waals surface area contributed by atoms with E-state index in [2.05, 4.69) is 4.98 Å². The molecule has 1 fully saturated rings. The van der Waals surface area contributed by atoms with Gasteiger partial charge < -0.3 is 9.64 Å². The van der Waals surface area contributed by atoms with Crippen LogP contribution in [0.4, 0.5) is 0 Å². The summed E-state index contributed by atoms with van der Waals surface area (Å²) in [7, 11) is 1.63. The van der Waals surface area contributed by atoms with Crippen molar-refractivity contribution >= 4 is 17.7 Å². The number of hydrogen-bond donors (Lipinski definition) is 0. The summed E-state index contributed by atoms with van der Waals surface area (Å²) in [6.07, 6.45) is 2.45. The van der Waals surface area contributed by atoms with Crippen LogP contribution in [0, 0.1) is 0 Å². The van der Waals surface area contributed by atoms with Crippen LogP contribution < -0.4 is 0 Å². The van der Waals surface area contributed by atoms with Crippen LogP contribution in [0.25, 0.3) is 0 Å². The number of methoxy groups -OCH3 is 1. The van der Waals surface area contributed by atoms with Gasteiger partial charge in [-0.25, -0.2) is 0 Å². The molecule has 3 amide bonds. The first kappa shape index (κ1) is 17.4. The second-order valence-corrected chi connectivity index (χ2v) is 6.68. The number of carbonyl (C=O) groups is 3. The number of ether oxygens (including phenoxy) is 1. The third kappa shape index (κ3) is 3.10. The molecule has 0 N–H and O–H groups in total. The van der Waals surface area contributed by atoms with Crippen LogP contribution in [0.2, 0.25) is 0 Å². The van der Waals surface area contributed by atoms with Crippen molar-refractivity contribution in [3.63, 3.8) is 0 Å². The van der Waals surface area contributed by atoms with Gasteiger partial charge >= 0.3 is 0 Å². The molecule has 0 radical (unpaired) electrons. The third-order valence-corrected chi connectivity index (χ3v) is 5.03. The highest BCUT2D eigenvalue weighted by Crippen LogP contribution is 2.26. The van der Waals surface area contributed by atoms with Gasteiger partial charge in [-0.15, -0.1) is 0 Å². The number of benzene rings is 1. The van der Waals surface area contributed by atoms with Gasteiger partial charge in [0.15, 0.2) is 0 Å². The molecule has 138 valence electrons. The average Bonchev–Trinajstić information content (AvgIpc) is 3.27. The van der Waals surface area contributed by atoms with Gasteiger partial charge in [0.25, 0.3) is 17.7 Å². The fourth-order valence-corrected chi connectivity index (χ4v) is 3.51. The molecule has 7 heteroatoms. The Balaban J connectivity index is 1.56. The van der Waals surface area contributed by atoms with Crippen LogP contribution in [0.3, 0.4) is 0 Å². The molecule has 3 heterocycles. The molecule has 27 heavy (non-hydrogen) atoms. The number of rotatable bonds is 4. The molecule has 0 saturated carbocycles. The predicted octanol–water partition coefficient (Wildman–Crippen LogP) is 1.74. The monoisotopic (exact) mass is 365 g/mol. The first-order valence-corrected chi connectivity index (χ1v) is 8.80. The summed E-state index contributed by atoms with van der Waals surface area (Å²) in [5.74, 6) is -0.910. The number of imide groups is 1. The standard InChI is InChI=1S/C20H19N3O4/c1-27-15-7-9-22(12-15)18(24)13-5-6-16-17(10-13)20(26)23(19(16)25)11-14-4-2-3-8-21-14/h2-6,8,10,15H,7,9,11-12H2,1H3. The number of fused-ring (bicyclic) bond motifs is 1. The maximum absolute atomic E-state index is 12.7. The van der Waals surface area contributed by atoms with Crippen molar-refractivity contribution in [2.75, 3.05) is 20.2 Å². The molecule has 1 unspecified atom stereocenters. The second kappa shape index (κ2) is 6.92. The first-order chi connectivity index (χ1) is 13.1. The van der Waals surface area contributed by atoms with E-state index in [1.807, 2.05) is 0 Å². The van der Waals surface area contributed by atoms with Crippen molar-refractivity contribution in [2.45, 2.75) is 19.1 Å². The Morgan fingerprint density at radius 3 is 2.70 bits per heavy atom. The topological polar surface area (TPSA) is 79.8 Å². The van der Waals surface area contributed by atoms with Gasteiger partial charge in [-0.2, -0.15) is 0 Å². The molecule has 0 spiro atoms. The minimum Gasteiger partial charge on any atom is -0.380 e. The number of likely N-dealkylation sites (tertiary alicyclic amines) is 1. The van der Waals surface area contributed by atoms with Crippen molar-refractivity contribution in [3.8, 4) is 0 Å². The van der Waals surface area contributed by atoms with Gasteiger partial charge in [0, 0.05) is 32.0 Å². The molecule has 2 aromatic rings. The summed E-state index contributed by atoms with van der Waals surface area (Å²) in [4.78, 5) is 45.1. The second-order valence-electron chi connectivity index (χ2n) is 6.68. The summed E-state index contributed by atoms with van der Waals surface area (Å²) >= 11 is 0. The summed E-state index contributed by atoms with van der Waals surface area (Å²) in [5.41, 5.74) is 1.63. The van der Waals surface area contributed by atoms with Crippen LogP contribution in [0.5, 0.6) is 0 Å². The fraction of sp³-hybridized carbons (Fsp3) is 0.300. The zero-order valence-electron chi connectivity index (χ0n) is 14.9. The van der Waals surface area contributed by atoms with E-state index in [9.17, 15) is 14.4 Å². The van der Waals surface area contributed by atoms with Crippen LogP contribution in [0.15, 0.2) is 42.6 Å². The number of pyridine rings is 1. The predicted molar refractivity (Wildman–Crippen MR) is 96.2 cm³/mol. The summed E-state index contributed by atoms with van der Waals surface area (Å²) in [5, 5.41) is 0. The molecule has 7 nitrogen and oxygen atoms in total. The molecule has 1 aromatic carbocycles. The van der Waals surface area contributed by atoms with Crippen molar-refractivity contribution in [1.82, 2.24) is 14.8 Å². The highest BCUT2D eigenvalue weighted by molar-refractivity contribution is 6.22. The van der Waals surface area contributed by atoms with Crippen molar-refractivity contribution in [3.05, 3.63) is 65.0 Å². The Morgan fingerprint density at radius 2 is 2.00 bits per heavy atom. The SMILES string of the molecule is COC1CCN(C(=O)c2ccc3c(c2)C(=O)N(Cc2ccccn2)C3=O)C1. The third-order valence-electron chi connectivity index (χ3n) is 5.03. The Labute approximate surface area is 156 Å². The average molecular weight is 365 g/mol. The maximum atomic E-state index is 12.7. The van der Waals surface area contributed by atoms with Crippen molar-refractivity contribution < 1.29 is 19.1 Å². The highest BCUT2D eigenvalue weighted by atomic mass is 16.5. The first-order valence-electron chi connectivity index (χ1n) is 8.80. The summed E-state index contributed by atoms with van der Waals surface area (Å²) in [6, 6.07) is 10.0. The maximum Gasteiger partial charge on any atom is 0.261 e. The minimum absolute atomic E-state index is 0.0421. The molecule has 0 aliphatic carbocycles. The number of aromatic nitrogens is 1. The number of carbonyl (C=O) groups excluding carboxylic acids is 3. The molecule has 0 bridgehead atoms. The van der Waals surface area contributed by atoms with E-state index in [0.29, 0.717) is 29.9 Å². The smallest absolute Gasteiger partial charge is 0.261 e.